The number of nitrogens with one attached hydrogen (secondary N) is 1. The highest BCUT2D eigenvalue weighted by Crippen LogP contribution is 2.24. The van der Waals surface area contributed by atoms with Crippen LogP contribution in [0.15, 0.2) is 72.8 Å². The van der Waals surface area contributed by atoms with Gasteiger partial charge in [-0.05, 0) is 55.7 Å². The first kappa shape index (κ1) is 22.2. The Kier molecular flexibility index (Phi) is 7.93. The Morgan fingerprint density at radius 1 is 0.903 bits per heavy atom. The van der Waals surface area contributed by atoms with Crippen LogP contribution in [0.1, 0.15) is 34.8 Å². The van der Waals surface area contributed by atoms with E-state index in [4.69, 9.17) is 14.2 Å². The number of aryl methyl sites for hydroxylation is 1. The van der Waals surface area contributed by atoms with Gasteiger partial charge in [-0.15, -0.1) is 0 Å². The van der Waals surface area contributed by atoms with E-state index in [1.807, 2.05) is 55.5 Å². The third-order valence-electron chi connectivity index (χ3n) is 5.06. The second kappa shape index (κ2) is 11.1. The van der Waals surface area contributed by atoms with Gasteiger partial charge in [0.25, 0.3) is 5.91 Å². The van der Waals surface area contributed by atoms with Crippen molar-refractivity contribution in [1.82, 2.24) is 5.32 Å². The molecule has 3 aromatic rings. The molecule has 1 amide bonds. The first-order chi connectivity index (χ1) is 15.1. The summed E-state index contributed by atoms with van der Waals surface area (Å²) >= 11 is 0. The number of carbonyl (C=O) groups is 1. The van der Waals surface area contributed by atoms with Gasteiger partial charge in [-0.3, -0.25) is 4.79 Å². The molecule has 3 rings (SSSR count). The molecule has 0 aliphatic heterocycles. The van der Waals surface area contributed by atoms with Gasteiger partial charge in [0.1, 0.15) is 23.9 Å². The number of carbonyl (C=O) groups excluding carboxylic acids is 1. The fraction of sp³-hybridized carbons (Fsp3) is 0.269. The average molecular weight is 420 g/mol. The standard InChI is InChI=1S/C26H29NO4/c1-19(12-13-20-8-5-4-6-9-20)27-26(28)21-14-15-25(30-3)22(16-21)18-31-24-11-7-10-23(17-24)29-2/h4-11,14-17,19H,12-13,18H2,1-3H3,(H,27,28). The van der Waals surface area contributed by atoms with Crippen molar-refractivity contribution in [3.8, 4) is 17.2 Å². The van der Waals surface area contributed by atoms with Crippen LogP contribution in [0.5, 0.6) is 17.2 Å². The number of rotatable bonds is 10. The van der Waals surface area contributed by atoms with Crippen LogP contribution < -0.4 is 19.5 Å². The number of amides is 1. The van der Waals surface area contributed by atoms with E-state index in [1.54, 1.807) is 26.4 Å². The van der Waals surface area contributed by atoms with Crippen molar-refractivity contribution in [2.24, 2.45) is 0 Å². The normalized spacial score (nSPS) is 11.5. The van der Waals surface area contributed by atoms with Crippen molar-refractivity contribution in [3.05, 3.63) is 89.5 Å². The van der Waals surface area contributed by atoms with Gasteiger partial charge in [-0.25, -0.2) is 0 Å². The van der Waals surface area contributed by atoms with Gasteiger partial charge in [-0.1, -0.05) is 36.4 Å². The highest BCUT2D eigenvalue weighted by atomic mass is 16.5. The molecule has 1 atom stereocenters. The summed E-state index contributed by atoms with van der Waals surface area (Å²) in [5, 5.41) is 3.08. The van der Waals surface area contributed by atoms with E-state index in [2.05, 4.69) is 17.4 Å². The average Bonchev–Trinajstić information content (AvgIpc) is 2.82. The topological polar surface area (TPSA) is 56.8 Å². The molecular formula is C26H29NO4. The van der Waals surface area contributed by atoms with Crippen LogP contribution in [-0.4, -0.2) is 26.2 Å². The van der Waals surface area contributed by atoms with Gasteiger partial charge in [-0.2, -0.15) is 0 Å². The molecule has 3 aromatic carbocycles. The molecule has 0 saturated heterocycles. The fourth-order valence-corrected chi connectivity index (χ4v) is 3.29. The first-order valence-corrected chi connectivity index (χ1v) is 10.4. The van der Waals surface area contributed by atoms with Crippen LogP contribution in [0.2, 0.25) is 0 Å². The van der Waals surface area contributed by atoms with E-state index < -0.39 is 0 Å². The van der Waals surface area contributed by atoms with Crippen molar-refractivity contribution in [3.63, 3.8) is 0 Å². The number of hydrogen-bond acceptors (Lipinski definition) is 4. The third-order valence-corrected chi connectivity index (χ3v) is 5.06. The number of methoxy groups -OCH3 is 2. The minimum atomic E-state index is -0.106. The molecule has 0 aliphatic carbocycles. The highest BCUT2D eigenvalue weighted by Gasteiger charge is 2.13. The maximum absolute atomic E-state index is 12.8. The van der Waals surface area contributed by atoms with Crippen LogP contribution in [0, 0.1) is 0 Å². The Morgan fingerprint density at radius 2 is 1.68 bits per heavy atom. The van der Waals surface area contributed by atoms with Gasteiger partial charge in [0, 0.05) is 23.2 Å². The van der Waals surface area contributed by atoms with Gasteiger partial charge < -0.3 is 19.5 Å². The molecule has 0 bridgehead atoms. The lowest BCUT2D eigenvalue weighted by Crippen LogP contribution is -2.33. The lowest BCUT2D eigenvalue weighted by atomic mass is 10.1. The molecule has 1 unspecified atom stereocenters. The van der Waals surface area contributed by atoms with E-state index in [0.29, 0.717) is 17.1 Å². The second-order valence-electron chi connectivity index (χ2n) is 7.39. The molecule has 162 valence electrons. The molecule has 0 saturated carbocycles. The zero-order valence-electron chi connectivity index (χ0n) is 18.3. The van der Waals surface area contributed by atoms with Gasteiger partial charge in [0.05, 0.1) is 14.2 Å². The largest absolute Gasteiger partial charge is 0.497 e. The smallest absolute Gasteiger partial charge is 0.251 e. The van der Waals surface area contributed by atoms with Crippen LogP contribution in [-0.2, 0) is 13.0 Å². The Balaban J connectivity index is 1.62. The monoisotopic (exact) mass is 419 g/mol. The maximum Gasteiger partial charge on any atom is 0.251 e. The van der Waals surface area contributed by atoms with Crippen molar-refractivity contribution in [2.75, 3.05) is 14.2 Å². The van der Waals surface area contributed by atoms with Gasteiger partial charge >= 0.3 is 0 Å². The summed E-state index contributed by atoms with van der Waals surface area (Å²) < 4.78 is 16.6. The van der Waals surface area contributed by atoms with Crippen LogP contribution in [0.25, 0.3) is 0 Å². The quantitative estimate of drug-likeness (QED) is 0.501. The number of hydrogen-bond donors (Lipinski definition) is 1. The fourth-order valence-electron chi connectivity index (χ4n) is 3.29. The SMILES string of the molecule is COc1cccc(OCc2cc(C(=O)NC(C)CCc3ccccc3)ccc2OC)c1. The van der Waals surface area contributed by atoms with E-state index in [1.165, 1.54) is 5.56 Å². The molecule has 0 fully saturated rings. The predicted molar refractivity (Wildman–Crippen MR) is 122 cm³/mol. The van der Waals surface area contributed by atoms with Gasteiger partial charge in [0.2, 0.25) is 0 Å². The molecule has 5 heteroatoms. The summed E-state index contributed by atoms with van der Waals surface area (Å²) in [6, 6.07) is 23.1. The Morgan fingerprint density at radius 3 is 2.42 bits per heavy atom. The minimum Gasteiger partial charge on any atom is -0.497 e. The third kappa shape index (κ3) is 6.51. The predicted octanol–water partition coefficient (Wildman–Crippen LogP) is 5.03. The molecule has 1 N–H and O–H groups in total. The van der Waals surface area contributed by atoms with Gasteiger partial charge in [0.15, 0.2) is 0 Å². The molecule has 31 heavy (non-hydrogen) atoms. The number of benzene rings is 3. The second-order valence-corrected chi connectivity index (χ2v) is 7.39. The van der Waals surface area contributed by atoms with Crippen molar-refractivity contribution >= 4 is 5.91 Å². The molecule has 0 aromatic heterocycles. The zero-order valence-corrected chi connectivity index (χ0v) is 18.3. The van der Waals surface area contributed by atoms with Crippen molar-refractivity contribution in [2.45, 2.75) is 32.4 Å². The van der Waals surface area contributed by atoms with Crippen LogP contribution in [0.4, 0.5) is 0 Å². The molecule has 0 heterocycles. The lowest BCUT2D eigenvalue weighted by Gasteiger charge is -2.16. The molecule has 0 aliphatic rings. The minimum absolute atomic E-state index is 0.0614. The summed E-state index contributed by atoms with van der Waals surface area (Å²) in [6.45, 7) is 2.30. The molecule has 5 nitrogen and oxygen atoms in total. The Labute approximate surface area is 184 Å². The summed E-state index contributed by atoms with van der Waals surface area (Å²) in [4.78, 5) is 12.8. The Hall–Kier alpha value is -3.47. The summed E-state index contributed by atoms with van der Waals surface area (Å²) in [5.74, 6) is 1.98. The highest BCUT2D eigenvalue weighted by molar-refractivity contribution is 5.94. The zero-order chi connectivity index (χ0) is 22.1. The van der Waals surface area contributed by atoms with E-state index in [0.717, 1.165) is 24.2 Å². The van der Waals surface area contributed by atoms with Crippen molar-refractivity contribution < 1.29 is 19.0 Å². The Bertz CT molecular complexity index is 988. The summed E-state index contributed by atoms with van der Waals surface area (Å²) in [6.07, 6.45) is 1.79. The number of ether oxygens (including phenoxy) is 3. The summed E-state index contributed by atoms with van der Waals surface area (Å²) in [7, 11) is 3.22. The molecule has 0 spiro atoms. The molecular weight excluding hydrogens is 390 g/mol. The van der Waals surface area contributed by atoms with E-state index in [9.17, 15) is 4.79 Å². The van der Waals surface area contributed by atoms with Crippen molar-refractivity contribution in [1.29, 1.82) is 0 Å². The first-order valence-electron chi connectivity index (χ1n) is 10.4. The lowest BCUT2D eigenvalue weighted by molar-refractivity contribution is 0.0938. The van der Waals surface area contributed by atoms with E-state index in [-0.39, 0.29) is 18.6 Å². The molecule has 0 radical (unpaired) electrons. The summed E-state index contributed by atoms with van der Waals surface area (Å²) in [5.41, 5.74) is 2.65. The van der Waals surface area contributed by atoms with Crippen LogP contribution in [0.3, 0.4) is 0 Å². The van der Waals surface area contributed by atoms with Crippen LogP contribution >= 0.6 is 0 Å². The maximum atomic E-state index is 12.8. The van der Waals surface area contributed by atoms with E-state index >= 15 is 0 Å².